The average Bonchev–Trinajstić information content (AvgIpc) is 3.90. The number of hydrogen-bond donors (Lipinski definition) is 1. The minimum absolute atomic E-state index is 0.00285. The SMILES string of the molecule is COC(=O)[C@@]12OC1C(=O)C[C@@]1(O)[C@@H]3CC[C@@]4(C)/C(=C\COC(C)=O)[C@@](COC=O)(C(C)OC(C)=O)[C@@H](OC(C)=O)[C@@H](OC(C)=O)[C@@H]4[C@@]3(C)[C@H](OC(C)=O)[C@H](OC(C)=O)[C@@]21C. The van der Waals surface area contributed by atoms with E-state index in [4.69, 9.17) is 42.6 Å². The van der Waals surface area contributed by atoms with Crippen molar-refractivity contribution in [1.82, 2.24) is 0 Å². The third-order valence-corrected chi connectivity index (χ3v) is 14.1. The highest BCUT2D eigenvalue weighted by atomic mass is 16.7. The van der Waals surface area contributed by atoms with E-state index < -0.39 is 149 Å². The van der Waals surface area contributed by atoms with Gasteiger partial charge in [-0.3, -0.25) is 38.4 Å². The van der Waals surface area contributed by atoms with E-state index >= 15 is 0 Å². The van der Waals surface area contributed by atoms with Crippen molar-refractivity contribution in [3.05, 3.63) is 11.6 Å². The van der Waals surface area contributed by atoms with Crippen molar-refractivity contribution in [3.8, 4) is 0 Å². The minimum Gasteiger partial charge on any atom is -0.467 e. The highest BCUT2D eigenvalue weighted by Gasteiger charge is 2.92. The van der Waals surface area contributed by atoms with Gasteiger partial charge in [-0.1, -0.05) is 13.8 Å². The minimum atomic E-state index is -2.34. The first kappa shape index (κ1) is 46.2. The number of ether oxygens (including phenoxy) is 9. The number of aliphatic hydroxyl groups is 1. The molecule has 0 bridgehead atoms. The molecule has 5 rings (SSSR count). The van der Waals surface area contributed by atoms with Crippen LogP contribution in [0.25, 0.3) is 0 Å². The maximum Gasteiger partial charge on any atom is 0.342 e. The van der Waals surface area contributed by atoms with Crippen LogP contribution in [0, 0.1) is 33.5 Å². The van der Waals surface area contributed by atoms with E-state index in [-0.39, 0.29) is 24.9 Å². The van der Waals surface area contributed by atoms with Crippen LogP contribution in [0.3, 0.4) is 0 Å². The van der Waals surface area contributed by atoms with Crippen LogP contribution < -0.4 is 0 Å². The van der Waals surface area contributed by atoms with Gasteiger partial charge in [-0.15, -0.1) is 0 Å². The highest BCUT2D eigenvalue weighted by Crippen LogP contribution is 2.77. The van der Waals surface area contributed by atoms with Gasteiger partial charge in [-0.25, -0.2) is 4.79 Å². The van der Waals surface area contributed by atoms with Gasteiger partial charge >= 0.3 is 41.8 Å². The predicted molar refractivity (Wildman–Crippen MR) is 197 cm³/mol. The molecule has 19 nitrogen and oxygen atoms in total. The second-order valence-electron chi connectivity index (χ2n) is 17.1. The molecule has 5 fully saturated rings. The molecule has 5 aliphatic rings. The molecule has 0 aromatic carbocycles. The second-order valence-corrected chi connectivity index (χ2v) is 17.1. The summed E-state index contributed by atoms with van der Waals surface area (Å²) in [6, 6.07) is 0. The number of fused-ring (bicyclic) bond motifs is 7. The van der Waals surface area contributed by atoms with Gasteiger partial charge in [0.15, 0.2) is 24.1 Å². The molecule has 60 heavy (non-hydrogen) atoms. The van der Waals surface area contributed by atoms with E-state index in [0.29, 0.717) is 0 Å². The van der Waals surface area contributed by atoms with Gasteiger partial charge in [-0.05, 0) is 49.7 Å². The molecule has 2 unspecified atom stereocenters. The third-order valence-electron chi connectivity index (χ3n) is 14.1. The van der Waals surface area contributed by atoms with Crippen molar-refractivity contribution in [2.24, 2.45) is 33.5 Å². The molecule has 0 aromatic heterocycles. The van der Waals surface area contributed by atoms with E-state index in [1.165, 1.54) is 19.9 Å². The van der Waals surface area contributed by atoms with Crippen LogP contribution in [-0.4, -0.2) is 127 Å². The molecule has 0 spiro atoms. The molecule has 332 valence electrons. The van der Waals surface area contributed by atoms with Crippen LogP contribution in [0.4, 0.5) is 0 Å². The molecule has 14 atom stereocenters. The number of methoxy groups -OCH3 is 1. The van der Waals surface area contributed by atoms with Gasteiger partial charge in [0.25, 0.3) is 6.47 Å². The molecular weight excluding hydrogens is 796 g/mol. The Balaban J connectivity index is 1.97. The molecular formula is C41H54O19. The second kappa shape index (κ2) is 15.8. The molecule has 4 saturated carbocycles. The first-order valence-corrected chi connectivity index (χ1v) is 19.6. The highest BCUT2D eigenvalue weighted by molar-refractivity contribution is 6.01. The first-order valence-electron chi connectivity index (χ1n) is 19.6. The quantitative estimate of drug-likeness (QED) is 0.0956. The number of ketones is 1. The zero-order chi connectivity index (χ0) is 45.1. The van der Waals surface area contributed by atoms with Crippen molar-refractivity contribution in [3.63, 3.8) is 0 Å². The van der Waals surface area contributed by atoms with Gasteiger partial charge in [0.05, 0.1) is 18.1 Å². The Morgan fingerprint density at radius 1 is 0.833 bits per heavy atom. The summed E-state index contributed by atoms with van der Waals surface area (Å²) < 4.78 is 52.3. The largest absolute Gasteiger partial charge is 0.467 e. The lowest BCUT2D eigenvalue weighted by Gasteiger charge is -2.73. The Morgan fingerprint density at radius 3 is 1.92 bits per heavy atom. The van der Waals surface area contributed by atoms with Crippen molar-refractivity contribution < 1.29 is 90.9 Å². The lowest BCUT2D eigenvalue weighted by molar-refractivity contribution is -0.342. The van der Waals surface area contributed by atoms with Crippen molar-refractivity contribution in [2.75, 3.05) is 20.3 Å². The van der Waals surface area contributed by atoms with Gasteiger partial charge in [0.2, 0.25) is 5.60 Å². The molecule has 19 heteroatoms. The zero-order valence-electron chi connectivity index (χ0n) is 35.6. The van der Waals surface area contributed by atoms with Crippen LogP contribution in [0.15, 0.2) is 11.6 Å². The zero-order valence-corrected chi connectivity index (χ0v) is 35.6. The summed E-state index contributed by atoms with van der Waals surface area (Å²) >= 11 is 0. The molecule has 1 aliphatic heterocycles. The Morgan fingerprint density at radius 2 is 1.40 bits per heavy atom. The first-order chi connectivity index (χ1) is 27.8. The Labute approximate surface area is 346 Å². The molecule has 0 aromatic rings. The third kappa shape index (κ3) is 6.57. The van der Waals surface area contributed by atoms with Crippen molar-refractivity contribution in [1.29, 1.82) is 0 Å². The summed E-state index contributed by atoms with van der Waals surface area (Å²) in [4.78, 5) is 118. The monoisotopic (exact) mass is 850 g/mol. The maximum atomic E-state index is 14.0. The lowest BCUT2D eigenvalue weighted by atomic mass is 9.32. The van der Waals surface area contributed by atoms with Gasteiger partial charge in [-0.2, -0.15) is 0 Å². The molecule has 1 heterocycles. The summed E-state index contributed by atoms with van der Waals surface area (Å²) in [6.07, 6.45) is -8.81. The summed E-state index contributed by atoms with van der Waals surface area (Å²) in [5, 5.41) is 13.5. The van der Waals surface area contributed by atoms with E-state index in [1.807, 2.05) is 0 Å². The molecule has 1 N–H and O–H groups in total. The lowest BCUT2D eigenvalue weighted by Crippen LogP contribution is -2.84. The number of carbonyl (C=O) groups excluding carboxylic acids is 9. The predicted octanol–water partition coefficient (Wildman–Crippen LogP) is 1.40. The van der Waals surface area contributed by atoms with E-state index in [9.17, 15) is 48.3 Å². The fourth-order valence-corrected chi connectivity index (χ4v) is 12.2. The van der Waals surface area contributed by atoms with E-state index in [2.05, 4.69) is 0 Å². The maximum absolute atomic E-state index is 14.0. The molecule has 4 aliphatic carbocycles. The van der Waals surface area contributed by atoms with E-state index in [1.54, 1.807) is 13.8 Å². The topological polar surface area (TPSA) is 260 Å². The Hall–Kier alpha value is -4.91. The van der Waals surface area contributed by atoms with Crippen LogP contribution in [0.5, 0.6) is 0 Å². The van der Waals surface area contributed by atoms with Crippen LogP contribution in [-0.2, 0) is 85.8 Å². The van der Waals surface area contributed by atoms with Crippen molar-refractivity contribution in [2.45, 2.75) is 136 Å². The van der Waals surface area contributed by atoms with E-state index in [0.717, 1.165) is 48.7 Å². The van der Waals surface area contributed by atoms with Crippen LogP contribution in [0.1, 0.15) is 88.5 Å². The number of Topliss-reactive ketones (excluding diaryl/α,β-unsaturated/α-hetero) is 1. The number of epoxide rings is 1. The summed E-state index contributed by atoms with van der Waals surface area (Å²) in [6.45, 7) is 11.8. The van der Waals surface area contributed by atoms with Gasteiger partial charge in [0.1, 0.15) is 36.9 Å². The van der Waals surface area contributed by atoms with Gasteiger partial charge in [0, 0.05) is 59.3 Å². The molecule has 1 saturated heterocycles. The summed E-state index contributed by atoms with van der Waals surface area (Å²) in [7, 11) is 1.06. The standard InChI is InChI=1S/C41H54O19/c1-19(55-21(3)44)39(17-53-18-42)27(13-15-54-20(2)43)36(8)14-12-28-37(9,30(36)29(56-22(4)45)32(39)57-23(5)46)33(58-24(6)47)34(59-25(7)48)38(10)40(28,51)16-26(49)31-41(38,60-31)35(50)52-11/h13,18-19,28-34,51H,12,14-17H2,1-11H3/b27-13+/t19?,28-,29+,30+,31?,32+,33-,34+,36+,37+,38-,39-,40-,41+/m1/s1. The number of carbonyl (C=O) groups is 9. The number of rotatable bonds is 12. The normalized spacial score (nSPS) is 41.0. The smallest absolute Gasteiger partial charge is 0.342 e. The number of esters is 7. The Kier molecular flexibility index (Phi) is 12.2. The van der Waals surface area contributed by atoms with Crippen LogP contribution in [0.2, 0.25) is 0 Å². The summed E-state index contributed by atoms with van der Waals surface area (Å²) in [5.74, 6) is -9.38. The Bertz CT molecular complexity index is 1890. The number of hydrogen-bond acceptors (Lipinski definition) is 19. The van der Waals surface area contributed by atoms with Crippen LogP contribution >= 0.6 is 0 Å². The average molecular weight is 851 g/mol. The fraction of sp³-hybridized carbons (Fsp3) is 0.732. The molecule has 0 radical (unpaired) electrons. The molecule has 0 amide bonds. The fourth-order valence-electron chi connectivity index (χ4n) is 12.2. The van der Waals surface area contributed by atoms with Crippen molar-refractivity contribution >= 4 is 54.0 Å². The summed E-state index contributed by atoms with van der Waals surface area (Å²) in [5.41, 5.74) is -11.6. The van der Waals surface area contributed by atoms with Gasteiger partial charge < -0.3 is 47.7 Å².